The minimum absolute atomic E-state index is 0.00744. The Bertz CT molecular complexity index is 1210. The molecule has 0 saturated carbocycles. The fraction of sp³-hybridized carbons (Fsp3) is 0.500. The predicted octanol–water partition coefficient (Wildman–Crippen LogP) is 2.66. The van der Waals surface area contributed by atoms with Gasteiger partial charge in [0, 0.05) is 16.7 Å². The maximum atomic E-state index is 13.2. The van der Waals surface area contributed by atoms with Gasteiger partial charge >= 0.3 is 6.03 Å². The fourth-order valence-corrected chi connectivity index (χ4v) is 6.57. The minimum Gasteiger partial charge on any atom is -0.475 e. The van der Waals surface area contributed by atoms with Crippen LogP contribution in [0.3, 0.4) is 0 Å². The van der Waals surface area contributed by atoms with E-state index in [9.17, 15) is 9.00 Å². The Hall–Kier alpha value is -1.95. The van der Waals surface area contributed by atoms with E-state index in [1.165, 1.54) is 21.8 Å². The van der Waals surface area contributed by atoms with Gasteiger partial charge in [0.05, 0.1) is 6.20 Å². The summed E-state index contributed by atoms with van der Waals surface area (Å²) in [5, 5.41) is 13.2. The lowest BCUT2D eigenvalue weighted by Crippen LogP contribution is -2.24. The van der Waals surface area contributed by atoms with Crippen LogP contribution in [0, 0.1) is 0 Å². The molecule has 11 heteroatoms. The molecule has 0 radical (unpaired) electrons. The number of ether oxygens (including phenoxy) is 1. The van der Waals surface area contributed by atoms with Crippen LogP contribution in [-0.4, -0.2) is 52.2 Å². The molecule has 3 N–H and O–H groups in total. The molecule has 2 aliphatic carbocycles. The molecule has 9 nitrogen and oxygen atoms in total. The van der Waals surface area contributed by atoms with Crippen LogP contribution in [-0.2, 0) is 35.6 Å². The summed E-state index contributed by atoms with van der Waals surface area (Å²) in [6, 6.07) is -0.715. The molecule has 3 aliphatic rings. The van der Waals surface area contributed by atoms with Crippen LogP contribution in [0.15, 0.2) is 19.9 Å². The summed E-state index contributed by atoms with van der Waals surface area (Å²) in [5.41, 5.74) is 5.62. The molecule has 5 rings (SSSR count). The number of urea groups is 1. The van der Waals surface area contributed by atoms with Gasteiger partial charge in [-0.15, -0.1) is 4.36 Å². The number of fused-ring (bicyclic) bond motifs is 3. The highest BCUT2D eigenvalue weighted by molar-refractivity contribution is 9.10. The molecule has 2 atom stereocenters. The number of nitrogens with zero attached hydrogens (tertiary/aromatic N) is 4. The Morgan fingerprint density at radius 2 is 2.00 bits per heavy atom. The van der Waals surface area contributed by atoms with Crippen molar-refractivity contribution >= 4 is 37.6 Å². The average molecular weight is 509 g/mol. The molecular weight excluding hydrogens is 484 g/mol. The smallest absolute Gasteiger partial charge is 0.354 e. The number of benzene rings is 1. The Labute approximate surface area is 189 Å². The normalized spacial score (nSPS) is 20.4. The van der Waals surface area contributed by atoms with Crippen molar-refractivity contribution in [1.82, 2.24) is 14.7 Å². The number of nitrogens with one attached hydrogen (secondary N) is 1. The number of carbonyl (C=O) groups is 1. The van der Waals surface area contributed by atoms with Crippen molar-refractivity contribution in [1.29, 1.82) is 0 Å². The monoisotopic (exact) mass is 508 g/mol. The minimum atomic E-state index is -3.51. The van der Waals surface area contributed by atoms with Crippen LogP contribution in [0.2, 0.25) is 0 Å². The standard InChI is InChI=1S/C20H25BrN6O3S/c1-26(2)9-11-10-30-19-16(8-23-27(11)19)31(22,29)25-20(28)24-18-14-5-3-4-12(14)17(21)13-6-7-15(13)18/h8,11H,3-7,9-10H2,1-2H3,(H3,22,24,25,28,29)/t11-,31?/m1/s1. The molecule has 0 bridgehead atoms. The van der Waals surface area contributed by atoms with E-state index in [-0.39, 0.29) is 10.9 Å². The second-order valence-electron chi connectivity index (χ2n) is 8.53. The summed E-state index contributed by atoms with van der Waals surface area (Å²) in [5.74, 6) is 0.324. The first-order valence-corrected chi connectivity index (χ1v) is 12.7. The van der Waals surface area contributed by atoms with E-state index < -0.39 is 15.9 Å². The molecule has 0 fully saturated rings. The van der Waals surface area contributed by atoms with E-state index in [1.54, 1.807) is 4.68 Å². The molecule has 2 heterocycles. The van der Waals surface area contributed by atoms with E-state index in [2.05, 4.69) is 30.7 Å². The Morgan fingerprint density at radius 3 is 2.71 bits per heavy atom. The quantitative estimate of drug-likeness (QED) is 0.658. The predicted molar refractivity (Wildman–Crippen MR) is 121 cm³/mol. The number of aromatic nitrogens is 2. The molecule has 1 aromatic carbocycles. The lowest BCUT2D eigenvalue weighted by Gasteiger charge is -2.27. The largest absolute Gasteiger partial charge is 0.475 e. The van der Waals surface area contributed by atoms with Crippen molar-refractivity contribution in [2.75, 3.05) is 32.6 Å². The van der Waals surface area contributed by atoms with E-state index in [0.717, 1.165) is 55.5 Å². The number of rotatable bonds is 4. The van der Waals surface area contributed by atoms with Crippen LogP contribution in [0.5, 0.6) is 5.88 Å². The molecule has 166 valence electrons. The van der Waals surface area contributed by atoms with Gasteiger partial charge in [0.2, 0.25) is 5.88 Å². The number of carbonyl (C=O) groups excluding carboxylic acids is 1. The van der Waals surface area contributed by atoms with Gasteiger partial charge in [0.1, 0.15) is 17.5 Å². The van der Waals surface area contributed by atoms with Crippen LogP contribution in [0.25, 0.3) is 0 Å². The third-order valence-corrected chi connectivity index (χ3v) is 8.46. The summed E-state index contributed by atoms with van der Waals surface area (Å²) in [6.45, 7) is 1.13. The Morgan fingerprint density at radius 1 is 1.32 bits per heavy atom. The number of halogens is 1. The lowest BCUT2D eigenvalue weighted by molar-refractivity contribution is 0.260. The van der Waals surface area contributed by atoms with Crippen molar-refractivity contribution < 1.29 is 13.7 Å². The molecular formula is C20H25BrN6O3S. The van der Waals surface area contributed by atoms with Crippen LogP contribution < -0.4 is 15.2 Å². The summed E-state index contributed by atoms with van der Waals surface area (Å²) in [7, 11) is 0.411. The molecule has 0 saturated heterocycles. The van der Waals surface area contributed by atoms with Crippen molar-refractivity contribution in [3.8, 4) is 5.88 Å². The van der Waals surface area contributed by atoms with Crippen molar-refractivity contribution in [2.24, 2.45) is 9.50 Å². The Kier molecular flexibility index (Phi) is 5.11. The molecule has 2 aromatic rings. The summed E-state index contributed by atoms with van der Waals surface area (Å²) in [4.78, 5) is 15.0. The summed E-state index contributed by atoms with van der Waals surface area (Å²) < 4.78 is 25.6. The topological polar surface area (TPSA) is 115 Å². The average Bonchev–Trinajstić information content (AvgIpc) is 3.35. The number of anilines is 1. The second-order valence-corrected chi connectivity index (χ2v) is 11.1. The molecule has 31 heavy (non-hydrogen) atoms. The van der Waals surface area contributed by atoms with Gasteiger partial charge in [-0.1, -0.05) is 15.9 Å². The maximum absolute atomic E-state index is 13.2. The van der Waals surface area contributed by atoms with Crippen molar-refractivity contribution in [3.63, 3.8) is 0 Å². The molecule has 0 spiro atoms. The zero-order valence-corrected chi connectivity index (χ0v) is 19.9. The van der Waals surface area contributed by atoms with Gasteiger partial charge in [-0.2, -0.15) is 5.10 Å². The number of hydrogen-bond donors (Lipinski definition) is 2. The molecule has 1 aliphatic heterocycles. The third kappa shape index (κ3) is 3.47. The first kappa shape index (κ1) is 20.9. The summed E-state index contributed by atoms with van der Waals surface area (Å²) in [6.07, 6.45) is 6.24. The number of amides is 2. The van der Waals surface area contributed by atoms with Gasteiger partial charge in [-0.25, -0.2) is 18.8 Å². The van der Waals surface area contributed by atoms with Gasteiger partial charge in [-0.3, -0.25) is 0 Å². The fourth-order valence-electron chi connectivity index (χ4n) is 4.70. The Balaban J connectivity index is 1.44. The van der Waals surface area contributed by atoms with Crippen LogP contribution >= 0.6 is 15.9 Å². The zero-order chi connectivity index (χ0) is 21.9. The van der Waals surface area contributed by atoms with Crippen molar-refractivity contribution in [2.45, 2.75) is 43.0 Å². The van der Waals surface area contributed by atoms with Crippen molar-refractivity contribution in [3.05, 3.63) is 32.9 Å². The van der Waals surface area contributed by atoms with Gasteiger partial charge in [-0.05, 0) is 68.5 Å². The SMILES string of the molecule is CN(C)C[C@@H]1COc2c(S(N)(=O)=NC(=O)Nc3c4c(c(Br)c5c3CC5)CCC4)cnn21. The molecule has 1 aromatic heterocycles. The van der Waals surface area contributed by atoms with Gasteiger partial charge in [0.15, 0.2) is 9.92 Å². The summed E-state index contributed by atoms with van der Waals surface area (Å²) >= 11 is 3.73. The second kappa shape index (κ2) is 7.58. The van der Waals surface area contributed by atoms with Crippen LogP contribution in [0.4, 0.5) is 10.5 Å². The lowest BCUT2D eigenvalue weighted by atomic mass is 9.83. The highest BCUT2D eigenvalue weighted by Crippen LogP contribution is 2.45. The maximum Gasteiger partial charge on any atom is 0.354 e. The molecule has 2 amide bonds. The number of nitrogens with two attached hydrogens (primary N) is 1. The first-order chi connectivity index (χ1) is 14.8. The van der Waals surface area contributed by atoms with E-state index in [0.29, 0.717) is 12.5 Å². The van der Waals surface area contributed by atoms with E-state index in [4.69, 9.17) is 9.88 Å². The number of likely N-dealkylation sites (N-methyl/N-ethyl adjacent to an activating group) is 1. The van der Waals surface area contributed by atoms with E-state index in [1.807, 2.05) is 19.0 Å². The highest BCUT2D eigenvalue weighted by Gasteiger charge is 2.33. The zero-order valence-electron chi connectivity index (χ0n) is 17.5. The van der Waals surface area contributed by atoms with Gasteiger partial charge < -0.3 is 15.0 Å². The first-order valence-electron chi connectivity index (χ1n) is 10.3. The number of hydrogen-bond acceptors (Lipinski definition) is 5. The van der Waals surface area contributed by atoms with Crippen LogP contribution in [0.1, 0.15) is 34.7 Å². The third-order valence-electron chi connectivity index (χ3n) is 6.16. The van der Waals surface area contributed by atoms with Gasteiger partial charge in [0.25, 0.3) is 0 Å². The highest BCUT2D eigenvalue weighted by atomic mass is 79.9. The van der Waals surface area contributed by atoms with E-state index >= 15 is 0 Å². The molecule has 1 unspecified atom stereocenters.